The van der Waals surface area contributed by atoms with Crippen molar-refractivity contribution >= 4 is 23.0 Å². The topological polar surface area (TPSA) is 60.4 Å². The molecule has 7 heteroatoms. The molecule has 0 aliphatic carbocycles. The minimum Gasteiger partial charge on any atom is -0.497 e. The van der Waals surface area contributed by atoms with E-state index in [2.05, 4.69) is 0 Å². The van der Waals surface area contributed by atoms with Crippen LogP contribution in [-0.4, -0.2) is 38.0 Å². The molecule has 3 aromatic rings. The number of hydrogen-bond acceptors (Lipinski definition) is 6. The summed E-state index contributed by atoms with van der Waals surface area (Å²) in [6.45, 7) is 0. The molecule has 6 nitrogen and oxygen atoms in total. The molecule has 1 aromatic heterocycles. The van der Waals surface area contributed by atoms with Crippen LogP contribution in [0.1, 0.15) is 33.3 Å². The van der Waals surface area contributed by atoms with Crippen molar-refractivity contribution in [3.8, 4) is 17.2 Å². The fraction of sp³-hybridized carbons (Fsp3) is 0.217. The third-order valence-corrected chi connectivity index (χ3v) is 5.87. The van der Waals surface area contributed by atoms with E-state index < -0.39 is 0 Å². The van der Waals surface area contributed by atoms with Crippen LogP contribution in [0.4, 0.5) is 0 Å². The molecule has 0 saturated heterocycles. The lowest BCUT2D eigenvalue weighted by molar-refractivity contribution is 0.0716. The normalized spacial score (nSPS) is 15.6. The number of amides is 1. The molecular formula is C23H22N2O4S. The van der Waals surface area contributed by atoms with Gasteiger partial charge < -0.3 is 14.2 Å². The molecule has 1 aliphatic rings. The summed E-state index contributed by atoms with van der Waals surface area (Å²) < 4.78 is 16.2. The first kappa shape index (κ1) is 20.0. The maximum Gasteiger partial charge on any atom is 0.284 e. The highest BCUT2D eigenvalue weighted by Crippen LogP contribution is 2.37. The highest BCUT2D eigenvalue weighted by atomic mass is 32.1. The number of benzene rings is 2. The van der Waals surface area contributed by atoms with Gasteiger partial charge in [0.05, 0.1) is 38.0 Å². The van der Waals surface area contributed by atoms with E-state index in [9.17, 15) is 4.79 Å². The molecule has 0 fully saturated rings. The molecule has 0 spiro atoms. The Hall–Kier alpha value is -3.32. The van der Waals surface area contributed by atoms with Gasteiger partial charge in [0.1, 0.15) is 17.2 Å². The lowest BCUT2D eigenvalue weighted by Crippen LogP contribution is -2.26. The monoisotopic (exact) mass is 422 g/mol. The van der Waals surface area contributed by atoms with E-state index in [4.69, 9.17) is 19.3 Å². The van der Waals surface area contributed by atoms with Crippen LogP contribution in [0.2, 0.25) is 0 Å². The molecule has 0 unspecified atom stereocenters. The number of rotatable bonds is 6. The Morgan fingerprint density at radius 1 is 0.967 bits per heavy atom. The zero-order valence-electron chi connectivity index (χ0n) is 17.0. The van der Waals surface area contributed by atoms with E-state index in [0.29, 0.717) is 22.8 Å². The Balaban J connectivity index is 1.76. The summed E-state index contributed by atoms with van der Waals surface area (Å²) in [5.74, 6) is 1.97. The van der Waals surface area contributed by atoms with Crippen LogP contribution in [0, 0.1) is 0 Å². The first-order valence-corrected chi connectivity index (χ1v) is 10.3. The summed E-state index contributed by atoms with van der Waals surface area (Å²) in [4.78, 5) is 13.9. The van der Waals surface area contributed by atoms with Crippen molar-refractivity contribution in [1.29, 1.82) is 0 Å². The summed E-state index contributed by atoms with van der Waals surface area (Å²) in [7, 11) is 4.86. The largest absolute Gasteiger partial charge is 0.497 e. The van der Waals surface area contributed by atoms with Crippen molar-refractivity contribution in [2.75, 3.05) is 21.3 Å². The van der Waals surface area contributed by atoms with Crippen LogP contribution in [-0.2, 0) is 0 Å². The van der Waals surface area contributed by atoms with Gasteiger partial charge in [-0.2, -0.15) is 5.10 Å². The molecule has 1 amide bonds. The first-order chi connectivity index (χ1) is 14.6. The van der Waals surface area contributed by atoms with Crippen molar-refractivity contribution in [3.63, 3.8) is 0 Å². The van der Waals surface area contributed by atoms with Gasteiger partial charge in [0.2, 0.25) is 0 Å². The van der Waals surface area contributed by atoms with Gasteiger partial charge >= 0.3 is 0 Å². The lowest BCUT2D eigenvalue weighted by Gasteiger charge is -2.21. The molecule has 2 aromatic carbocycles. The fourth-order valence-corrected chi connectivity index (χ4v) is 4.12. The van der Waals surface area contributed by atoms with Crippen molar-refractivity contribution in [3.05, 3.63) is 76.0 Å². The molecule has 0 radical (unpaired) electrons. The average Bonchev–Trinajstić information content (AvgIpc) is 3.49. The van der Waals surface area contributed by atoms with Gasteiger partial charge in [-0.1, -0.05) is 18.2 Å². The maximum atomic E-state index is 13.2. The zero-order chi connectivity index (χ0) is 21.1. The number of thiophene rings is 1. The maximum absolute atomic E-state index is 13.2. The van der Waals surface area contributed by atoms with Crippen LogP contribution in [0.25, 0.3) is 0 Å². The van der Waals surface area contributed by atoms with Gasteiger partial charge in [-0.05, 0) is 41.3 Å². The number of ether oxygens (including phenoxy) is 3. The van der Waals surface area contributed by atoms with Gasteiger partial charge in [-0.25, -0.2) is 5.01 Å². The van der Waals surface area contributed by atoms with Crippen LogP contribution in [0.3, 0.4) is 0 Å². The SMILES string of the molecule is COc1cc(OC)cc(C2=NN(C(=O)c3cccs3)[C@H](c3cccc(OC)c3)C2)c1. The molecule has 0 N–H and O–H groups in total. The molecule has 1 atom stereocenters. The van der Waals surface area contributed by atoms with E-state index in [1.807, 2.05) is 60.0 Å². The van der Waals surface area contributed by atoms with Crippen LogP contribution < -0.4 is 14.2 Å². The number of methoxy groups -OCH3 is 3. The Morgan fingerprint density at radius 2 is 1.70 bits per heavy atom. The predicted octanol–water partition coefficient (Wildman–Crippen LogP) is 4.77. The van der Waals surface area contributed by atoms with E-state index >= 15 is 0 Å². The quantitative estimate of drug-likeness (QED) is 0.574. The Labute approximate surface area is 179 Å². The minimum atomic E-state index is -0.234. The number of carbonyl (C=O) groups excluding carboxylic acids is 1. The van der Waals surface area contributed by atoms with Gasteiger partial charge in [-0.15, -0.1) is 11.3 Å². The first-order valence-electron chi connectivity index (χ1n) is 9.45. The summed E-state index contributed by atoms with van der Waals surface area (Å²) in [5.41, 5.74) is 2.62. The summed E-state index contributed by atoms with van der Waals surface area (Å²) in [5, 5.41) is 8.20. The minimum absolute atomic E-state index is 0.123. The second kappa shape index (κ2) is 8.59. The van der Waals surface area contributed by atoms with E-state index in [0.717, 1.165) is 22.6 Å². The molecule has 0 saturated carbocycles. The number of hydrazone groups is 1. The van der Waals surface area contributed by atoms with Crippen LogP contribution >= 0.6 is 11.3 Å². The van der Waals surface area contributed by atoms with E-state index in [-0.39, 0.29) is 11.9 Å². The van der Waals surface area contributed by atoms with Crippen molar-refractivity contribution in [1.82, 2.24) is 5.01 Å². The molecule has 154 valence electrons. The second-order valence-corrected chi connectivity index (χ2v) is 7.72. The van der Waals surface area contributed by atoms with Crippen molar-refractivity contribution < 1.29 is 19.0 Å². The molecular weight excluding hydrogens is 400 g/mol. The highest BCUT2D eigenvalue weighted by molar-refractivity contribution is 7.12. The zero-order valence-corrected chi connectivity index (χ0v) is 17.8. The summed E-state index contributed by atoms with van der Waals surface area (Å²) in [6, 6.07) is 16.8. The number of carbonyl (C=O) groups is 1. The average molecular weight is 423 g/mol. The standard InChI is InChI=1S/C23H22N2O4S/c1-27-17-7-4-6-15(10-17)21-14-20(16-11-18(28-2)13-19(12-16)29-3)24-25(21)23(26)22-8-5-9-30-22/h4-13,21H,14H2,1-3H3/t21-/m0/s1. The Kier molecular flexibility index (Phi) is 5.72. The van der Waals surface area contributed by atoms with Gasteiger partial charge in [-0.3, -0.25) is 4.79 Å². The smallest absolute Gasteiger partial charge is 0.284 e. The molecule has 0 bridgehead atoms. The van der Waals surface area contributed by atoms with Crippen molar-refractivity contribution in [2.45, 2.75) is 12.5 Å². The van der Waals surface area contributed by atoms with Crippen molar-refractivity contribution in [2.24, 2.45) is 5.10 Å². The van der Waals surface area contributed by atoms with Crippen LogP contribution in [0.5, 0.6) is 17.2 Å². The van der Waals surface area contributed by atoms with E-state index in [1.54, 1.807) is 26.3 Å². The van der Waals surface area contributed by atoms with E-state index in [1.165, 1.54) is 11.3 Å². The predicted molar refractivity (Wildman–Crippen MR) is 117 cm³/mol. The fourth-order valence-electron chi connectivity index (χ4n) is 3.47. The molecule has 30 heavy (non-hydrogen) atoms. The van der Waals surface area contributed by atoms with Crippen LogP contribution in [0.15, 0.2) is 65.1 Å². The third kappa shape index (κ3) is 3.89. The molecule has 4 rings (SSSR count). The van der Waals surface area contributed by atoms with Gasteiger partial charge in [0.25, 0.3) is 5.91 Å². The van der Waals surface area contributed by atoms with Gasteiger partial charge in [0, 0.05) is 18.1 Å². The Bertz CT molecular complexity index is 1060. The Morgan fingerprint density at radius 3 is 2.33 bits per heavy atom. The second-order valence-electron chi connectivity index (χ2n) is 6.77. The number of hydrogen-bond donors (Lipinski definition) is 0. The lowest BCUT2D eigenvalue weighted by atomic mass is 9.98. The molecule has 1 aliphatic heterocycles. The molecule has 2 heterocycles. The van der Waals surface area contributed by atoms with Gasteiger partial charge in [0.15, 0.2) is 0 Å². The highest BCUT2D eigenvalue weighted by Gasteiger charge is 2.34. The summed E-state index contributed by atoms with van der Waals surface area (Å²) >= 11 is 1.41. The third-order valence-electron chi connectivity index (χ3n) is 5.01. The summed E-state index contributed by atoms with van der Waals surface area (Å²) in [6.07, 6.45) is 0.570. The number of nitrogens with zero attached hydrogens (tertiary/aromatic N) is 2.